The molecule has 0 saturated carbocycles. The van der Waals surface area contributed by atoms with E-state index in [0.717, 1.165) is 27.6 Å². The number of aryl methyl sites for hydroxylation is 1. The van der Waals surface area contributed by atoms with E-state index in [1.54, 1.807) is 6.20 Å². The molecule has 0 amide bonds. The molecule has 0 bridgehead atoms. The Morgan fingerprint density at radius 2 is 2.17 bits per heavy atom. The van der Waals surface area contributed by atoms with E-state index >= 15 is 0 Å². The van der Waals surface area contributed by atoms with Gasteiger partial charge in [0.15, 0.2) is 0 Å². The molecule has 0 saturated heterocycles. The largest absolute Gasteiger partial charge is 0.383 e. The summed E-state index contributed by atoms with van der Waals surface area (Å²) < 4.78 is 2.76. The number of anilines is 1. The van der Waals surface area contributed by atoms with Crippen molar-refractivity contribution >= 4 is 44.1 Å². The second-order valence-electron chi connectivity index (χ2n) is 5.95. The van der Waals surface area contributed by atoms with Crippen molar-refractivity contribution in [3.05, 3.63) is 51.8 Å². The van der Waals surface area contributed by atoms with Crippen molar-refractivity contribution in [3.8, 4) is 0 Å². The number of rotatable bonds is 5. The number of fused-ring (bicyclic) bond motifs is 1. The fourth-order valence-corrected chi connectivity index (χ4v) is 3.61. The monoisotopic (exact) mass is 407 g/mol. The van der Waals surface area contributed by atoms with Gasteiger partial charge in [-0.1, -0.05) is 27.5 Å². The average Bonchev–Trinajstić information content (AvgIpc) is 2.94. The van der Waals surface area contributed by atoms with Crippen LogP contribution in [0.3, 0.4) is 0 Å². The summed E-state index contributed by atoms with van der Waals surface area (Å²) in [5.41, 5.74) is 2.99. The van der Waals surface area contributed by atoms with Gasteiger partial charge in [0.2, 0.25) is 0 Å². The van der Waals surface area contributed by atoms with Gasteiger partial charge in [0.1, 0.15) is 0 Å². The molecule has 5 nitrogen and oxygen atoms in total. The number of pyridine rings is 1. The van der Waals surface area contributed by atoms with Gasteiger partial charge in [0, 0.05) is 47.1 Å². The normalized spacial score (nSPS) is 12.8. The Morgan fingerprint density at radius 3 is 2.83 bits per heavy atom. The molecular formula is C17H19BrClN5. The molecule has 0 aliphatic heterocycles. The lowest BCUT2D eigenvalue weighted by Crippen LogP contribution is -2.26. The van der Waals surface area contributed by atoms with Crippen LogP contribution in [-0.2, 0) is 7.05 Å². The maximum absolute atomic E-state index is 6.31. The highest BCUT2D eigenvalue weighted by Gasteiger charge is 2.16. The molecule has 3 aromatic rings. The first-order chi connectivity index (χ1) is 11.5. The highest BCUT2D eigenvalue weighted by Crippen LogP contribution is 2.31. The number of hydrogen-bond acceptors (Lipinski definition) is 4. The molecule has 3 rings (SSSR count). The van der Waals surface area contributed by atoms with E-state index in [9.17, 15) is 0 Å². The fraction of sp³-hybridized carbons (Fsp3) is 0.294. The molecule has 126 valence electrons. The first-order valence-corrected chi connectivity index (χ1v) is 8.75. The molecule has 1 N–H and O–H groups in total. The molecule has 24 heavy (non-hydrogen) atoms. The van der Waals surface area contributed by atoms with E-state index in [0.29, 0.717) is 5.02 Å². The Balaban J connectivity index is 1.89. The number of halogens is 2. The van der Waals surface area contributed by atoms with Crippen LogP contribution in [0, 0.1) is 0 Å². The molecule has 2 aromatic heterocycles. The van der Waals surface area contributed by atoms with Gasteiger partial charge >= 0.3 is 0 Å². The molecule has 2 heterocycles. The van der Waals surface area contributed by atoms with Crippen molar-refractivity contribution in [2.24, 2.45) is 7.05 Å². The molecule has 1 atom stereocenters. The number of nitrogens with one attached hydrogen (secondary N) is 1. The lowest BCUT2D eigenvalue weighted by Gasteiger charge is -2.24. The van der Waals surface area contributed by atoms with Crippen LogP contribution in [0.2, 0.25) is 5.02 Å². The van der Waals surface area contributed by atoms with Gasteiger partial charge in [-0.05, 0) is 32.3 Å². The summed E-state index contributed by atoms with van der Waals surface area (Å²) in [6, 6.07) is 6.08. The van der Waals surface area contributed by atoms with Crippen LogP contribution in [0.1, 0.15) is 11.6 Å². The number of aromatic nitrogens is 3. The van der Waals surface area contributed by atoms with Crippen LogP contribution in [0.5, 0.6) is 0 Å². The van der Waals surface area contributed by atoms with E-state index in [1.807, 2.05) is 42.3 Å². The summed E-state index contributed by atoms with van der Waals surface area (Å²) in [5, 5.41) is 9.45. The molecule has 0 aliphatic rings. The molecule has 7 heteroatoms. The summed E-state index contributed by atoms with van der Waals surface area (Å²) in [4.78, 5) is 6.57. The quantitative estimate of drug-likeness (QED) is 0.690. The van der Waals surface area contributed by atoms with Gasteiger partial charge in [-0.2, -0.15) is 5.10 Å². The van der Waals surface area contributed by atoms with E-state index in [4.69, 9.17) is 11.6 Å². The Kier molecular flexibility index (Phi) is 5.08. The minimum Gasteiger partial charge on any atom is -0.383 e. The second-order valence-corrected chi connectivity index (χ2v) is 7.27. The fourth-order valence-electron chi connectivity index (χ4n) is 2.75. The minimum absolute atomic E-state index is 0.213. The molecule has 0 fully saturated rings. The summed E-state index contributed by atoms with van der Waals surface area (Å²) >= 11 is 9.81. The summed E-state index contributed by atoms with van der Waals surface area (Å²) in [5.74, 6) is 0. The van der Waals surface area contributed by atoms with Crippen molar-refractivity contribution in [2.75, 3.05) is 26.0 Å². The van der Waals surface area contributed by atoms with Gasteiger partial charge in [0.25, 0.3) is 0 Å². The molecule has 1 aromatic carbocycles. The lowest BCUT2D eigenvalue weighted by molar-refractivity contribution is 0.312. The molecular weight excluding hydrogens is 390 g/mol. The van der Waals surface area contributed by atoms with Crippen LogP contribution < -0.4 is 5.32 Å². The summed E-state index contributed by atoms with van der Waals surface area (Å²) in [6.07, 6.45) is 5.73. The van der Waals surface area contributed by atoms with E-state index in [1.165, 1.54) is 5.56 Å². The van der Waals surface area contributed by atoms with Gasteiger partial charge in [0.05, 0.1) is 22.8 Å². The average molecular weight is 409 g/mol. The zero-order chi connectivity index (χ0) is 17.3. The van der Waals surface area contributed by atoms with E-state index in [2.05, 4.69) is 50.3 Å². The Hall–Kier alpha value is -1.63. The number of likely N-dealkylation sites (N-methyl/N-ethyl adjacent to an activating group) is 1. The third-order valence-electron chi connectivity index (χ3n) is 3.98. The zero-order valence-corrected chi connectivity index (χ0v) is 16.1. The lowest BCUT2D eigenvalue weighted by atomic mass is 10.1. The van der Waals surface area contributed by atoms with Crippen LogP contribution in [0.15, 0.2) is 41.3 Å². The first-order valence-electron chi connectivity index (χ1n) is 7.58. The maximum atomic E-state index is 6.31. The smallest absolute Gasteiger partial charge is 0.0909 e. The van der Waals surface area contributed by atoms with Crippen molar-refractivity contribution in [1.29, 1.82) is 0 Å². The van der Waals surface area contributed by atoms with Crippen molar-refractivity contribution in [1.82, 2.24) is 19.7 Å². The zero-order valence-electron chi connectivity index (χ0n) is 13.8. The first kappa shape index (κ1) is 17.2. The Labute approximate surface area is 154 Å². The Morgan fingerprint density at radius 1 is 1.38 bits per heavy atom. The molecule has 0 aliphatic carbocycles. The van der Waals surface area contributed by atoms with Crippen LogP contribution in [-0.4, -0.2) is 40.3 Å². The minimum atomic E-state index is 0.213. The van der Waals surface area contributed by atoms with Crippen LogP contribution in [0.4, 0.5) is 5.69 Å². The van der Waals surface area contributed by atoms with Gasteiger partial charge in [-0.15, -0.1) is 0 Å². The number of nitrogens with zero attached hydrogens (tertiary/aromatic N) is 4. The SMILES string of the molecule is CN(C)C(CNc1ccnc2c(Cl)cc(Br)cc12)c1cnn(C)c1. The number of benzene rings is 1. The third kappa shape index (κ3) is 3.55. The van der Waals surface area contributed by atoms with Crippen LogP contribution >= 0.6 is 27.5 Å². The molecule has 0 radical (unpaired) electrons. The van der Waals surface area contributed by atoms with E-state index < -0.39 is 0 Å². The van der Waals surface area contributed by atoms with Gasteiger partial charge in [-0.3, -0.25) is 9.67 Å². The highest BCUT2D eigenvalue weighted by molar-refractivity contribution is 9.10. The molecule has 0 spiro atoms. The summed E-state index contributed by atoms with van der Waals surface area (Å²) in [6.45, 7) is 0.752. The maximum Gasteiger partial charge on any atom is 0.0909 e. The predicted octanol–water partition coefficient (Wildman–Crippen LogP) is 4.10. The molecule has 1 unspecified atom stereocenters. The van der Waals surface area contributed by atoms with Crippen LogP contribution in [0.25, 0.3) is 10.9 Å². The van der Waals surface area contributed by atoms with E-state index in [-0.39, 0.29) is 6.04 Å². The van der Waals surface area contributed by atoms with Crippen molar-refractivity contribution in [3.63, 3.8) is 0 Å². The standard InChI is InChI=1S/C17H19BrClN5/c1-23(2)16(11-8-22-24(3)10-11)9-21-15-4-5-20-17-13(15)6-12(18)7-14(17)19/h4-8,10,16H,9H2,1-3H3,(H,20,21). The van der Waals surface area contributed by atoms with Crippen molar-refractivity contribution in [2.45, 2.75) is 6.04 Å². The predicted molar refractivity (Wildman–Crippen MR) is 103 cm³/mol. The third-order valence-corrected chi connectivity index (χ3v) is 4.73. The second kappa shape index (κ2) is 7.09. The summed E-state index contributed by atoms with van der Waals surface area (Å²) in [7, 11) is 6.06. The van der Waals surface area contributed by atoms with Gasteiger partial charge in [-0.25, -0.2) is 0 Å². The topological polar surface area (TPSA) is 46.0 Å². The highest BCUT2D eigenvalue weighted by atomic mass is 79.9. The Bertz CT molecular complexity index is 861. The van der Waals surface area contributed by atoms with Crippen molar-refractivity contribution < 1.29 is 0 Å². The van der Waals surface area contributed by atoms with Gasteiger partial charge < -0.3 is 10.2 Å². The number of hydrogen-bond donors (Lipinski definition) is 1.